The van der Waals surface area contributed by atoms with Crippen LogP contribution in [0.15, 0.2) is 23.1 Å². The fourth-order valence-corrected chi connectivity index (χ4v) is 2.45. The van der Waals surface area contributed by atoms with E-state index >= 15 is 0 Å². The van der Waals surface area contributed by atoms with Gasteiger partial charge in [0.05, 0.1) is 11.0 Å². The summed E-state index contributed by atoms with van der Waals surface area (Å²) in [6.07, 6.45) is 1.92. The van der Waals surface area contributed by atoms with E-state index in [2.05, 4.69) is 0 Å². The van der Waals surface area contributed by atoms with Crippen molar-refractivity contribution in [3.05, 3.63) is 23.8 Å². The van der Waals surface area contributed by atoms with Crippen molar-refractivity contribution in [3.8, 4) is 5.75 Å². The number of hydrogen-bond donors (Lipinski definition) is 0. The molecule has 1 aliphatic rings. The first kappa shape index (κ1) is 10.8. The Kier molecular flexibility index (Phi) is 2.64. The lowest BCUT2D eigenvalue weighted by Gasteiger charge is -2.23. The third kappa shape index (κ3) is 2.26. The fourth-order valence-electron chi connectivity index (χ4n) is 1.65. The fraction of sp³-hybridized carbons (Fsp3) is 0.400. The summed E-state index contributed by atoms with van der Waals surface area (Å²) in [5.41, 5.74) is 0.912. The van der Waals surface area contributed by atoms with Gasteiger partial charge in [-0.25, -0.2) is 8.42 Å². The summed E-state index contributed by atoms with van der Waals surface area (Å²) in [5.74, 6) is 0.762. The van der Waals surface area contributed by atoms with Gasteiger partial charge in [-0.2, -0.15) is 0 Å². The largest absolute Gasteiger partial charge is 0.490 e. The highest BCUT2D eigenvalue weighted by Crippen LogP contribution is 2.30. The predicted molar refractivity (Wildman–Crippen MR) is 57.9 cm³/mol. The molecule has 5 heteroatoms. The van der Waals surface area contributed by atoms with Crippen molar-refractivity contribution in [1.82, 2.24) is 0 Å². The van der Waals surface area contributed by atoms with Gasteiger partial charge in [-0.1, -0.05) is 0 Å². The van der Waals surface area contributed by atoms with Gasteiger partial charge in [0.2, 0.25) is 0 Å². The van der Waals surface area contributed by atoms with Crippen LogP contribution >= 0.6 is 10.7 Å². The molecule has 0 aliphatic carbocycles. The van der Waals surface area contributed by atoms with E-state index in [4.69, 9.17) is 15.4 Å². The van der Waals surface area contributed by atoms with E-state index in [1.54, 1.807) is 12.1 Å². The van der Waals surface area contributed by atoms with Crippen LogP contribution in [0.5, 0.6) is 5.75 Å². The highest BCUT2D eigenvalue weighted by molar-refractivity contribution is 8.13. The minimum Gasteiger partial charge on any atom is -0.490 e. The first-order chi connectivity index (χ1) is 6.97. The molecule has 0 saturated heterocycles. The van der Waals surface area contributed by atoms with Gasteiger partial charge in [0.15, 0.2) is 0 Å². The Morgan fingerprint density at radius 3 is 2.87 bits per heavy atom. The van der Waals surface area contributed by atoms with Crippen LogP contribution in [0.2, 0.25) is 0 Å². The first-order valence-electron chi connectivity index (χ1n) is 4.71. The van der Waals surface area contributed by atoms with Crippen LogP contribution in [0.3, 0.4) is 0 Å². The molecule has 1 aliphatic heterocycles. The van der Waals surface area contributed by atoms with Crippen molar-refractivity contribution in [2.75, 3.05) is 0 Å². The van der Waals surface area contributed by atoms with E-state index < -0.39 is 9.05 Å². The van der Waals surface area contributed by atoms with E-state index in [-0.39, 0.29) is 11.0 Å². The minimum absolute atomic E-state index is 0.140. The Balaban J connectivity index is 2.44. The van der Waals surface area contributed by atoms with Gasteiger partial charge in [-0.05, 0) is 43.5 Å². The lowest BCUT2D eigenvalue weighted by molar-refractivity contribution is 0.192. The summed E-state index contributed by atoms with van der Waals surface area (Å²) >= 11 is 0. The van der Waals surface area contributed by atoms with Gasteiger partial charge < -0.3 is 4.74 Å². The van der Waals surface area contributed by atoms with Crippen LogP contribution in [0, 0.1) is 0 Å². The molecule has 1 unspecified atom stereocenters. The maximum Gasteiger partial charge on any atom is 0.261 e. The maximum absolute atomic E-state index is 11.1. The second-order valence-corrected chi connectivity index (χ2v) is 6.24. The maximum atomic E-state index is 11.1. The second-order valence-electron chi connectivity index (χ2n) is 3.67. The van der Waals surface area contributed by atoms with E-state index in [0.29, 0.717) is 0 Å². The Bertz CT molecular complexity index is 481. The number of ether oxygens (including phenoxy) is 1. The highest BCUT2D eigenvalue weighted by Gasteiger charge is 2.19. The quantitative estimate of drug-likeness (QED) is 0.715. The van der Waals surface area contributed by atoms with Gasteiger partial charge in [0.1, 0.15) is 5.75 Å². The number of hydrogen-bond acceptors (Lipinski definition) is 3. The topological polar surface area (TPSA) is 43.4 Å². The van der Waals surface area contributed by atoms with Crippen molar-refractivity contribution < 1.29 is 13.2 Å². The molecule has 0 aromatic heterocycles. The Hall–Kier alpha value is -0.740. The molecular weight excluding hydrogens is 236 g/mol. The smallest absolute Gasteiger partial charge is 0.261 e. The third-order valence-electron chi connectivity index (χ3n) is 2.46. The Morgan fingerprint density at radius 1 is 1.47 bits per heavy atom. The van der Waals surface area contributed by atoms with Gasteiger partial charge in [0, 0.05) is 10.7 Å². The summed E-state index contributed by atoms with van der Waals surface area (Å²) in [4.78, 5) is 0.140. The van der Waals surface area contributed by atoms with E-state index in [9.17, 15) is 8.42 Å². The van der Waals surface area contributed by atoms with Crippen LogP contribution in [0.1, 0.15) is 18.9 Å². The van der Waals surface area contributed by atoms with Crippen LogP contribution in [0.4, 0.5) is 0 Å². The van der Waals surface area contributed by atoms with Crippen LogP contribution in [-0.2, 0) is 15.5 Å². The van der Waals surface area contributed by atoms with Crippen molar-refractivity contribution in [2.24, 2.45) is 0 Å². The normalized spacial score (nSPS) is 20.5. The zero-order valence-electron chi connectivity index (χ0n) is 8.23. The monoisotopic (exact) mass is 246 g/mol. The zero-order chi connectivity index (χ0) is 11.1. The predicted octanol–water partition coefficient (Wildman–Crippen LogP) is 2.33. The molecule has 15 heavy (non-hydrogen) atoms. The average molecular weight is 247 g/mol. The summed E-state index contributed by atoms with van der Waals surface area (Å²) in [5, 5.41) is 0. The molecule has 0 spiro atoms. The van der Waals surface area contributed by atoms with Gasteiger partial charge in [-0.15, -0.1) is 0 Å². The van der Waals surface area contributed by atoms with Crippen LogP contribution < -0.4 is 4.74 Å². The number of halogens is 1. The summed E-state index contributed by atoms with van der Waals surface area (Å²) in [7, 11) is 1.63. The lowest BCUT2D eigenvalue weighted by Crippen LogP contribution is -2.18. The number of benzene rings is 1. The molecule has 0 saturated carbocycles. The van der Waals surface area contributed by atoms with Crippen LogP contribution in [-0.4, -0.2) is 14.5 Å². The molecule has 1 heterocycles. The highest BCUT2D eigenvalue weighted by atomic mass is 35.7. The van der Waals surface area contributed by atoms with Crippen molar-refractivity contribution in [3.63, 3.8) is 0 Å². The molecule has 0 amide bonds. The molecule has 2 rings (SSSR count). The molecule has 0 bridgehead atoms. The van der Waals surface area contributed by atoms with Gasteiger partial charge >= 0.3 is 0 Å². The third-order valence-corrected chi connectivity index (χ3v) is 3.81. The lowest BCUT2D eigenvalue weighted by atomic mass is 10.0. The standard InChI is InChI=1S/C10H11ClO3S/c1-7-2-3-8-6-9(15(11,12)13)4-5-10(8)14-7/h4-7H,2-3H2,1H3. The summed E-state index contributed by atoms with van der Waals surface area (Å²) < 4.78 is 27.8. The molecule has 0 N–H and O–H groups in total. The summed E-state index contributed by atoms with van der Waals surface area (Å²) in [6, 6.07) is 4.73. The molecule has 1 atom stereocenters. The number of fused-ring (bicyclic) bond motifs is 1. The average Bonchev–Trinajstić information content (AvgIpc) is 2.15. The van der Waals surface area contributed by atoms with Gasteiger partial charge in [-0.3, -0.25) is 0 Å². The van der Waals surface area contributed by atoms with E-state index in [1.165, 1.54) is 6.07 Å². The summed E-state index contributed by atoms with van der Waals surface area (Å²) in [6.45, 7) is 2.00. The van der Waals surface area contributed by atoms with E-state index in [0.717, 1.165) is 24.2 Å². The van der Waals surface area contributed by atoms with E-state index in [1.807, 2.05) is 6.92 Å². The zero-order valence-corrected chi connectivity index (χ0v) is 9.81. The van der Waals surface area contributed by atoms with Gasteiger partial charge in [0.25, 0.3) is 9.05 Å². The van der Waals surface area contributed by atoms with Crippen molar-refractivity contribution in [1.29, 1.82) is 0 Å². The molecule has 3 nitrogen and oxygen atoms in total. The Morgan fingerprint density at radius 2 is 2.20 bits per heavy atom. The number of aryl methyl sites for hydroxylation is 1. The van der Waals surface area contributed by atoms with Crippen LogP contribution in [0.25, 0.3) is 0 Å². The molecule has 1 aromatic rings. The SMILES string of the molecule is CC1CCc2cc(S(=O)(=O)Cl)ccc2O1. The number of rotatable bonds is 1. The van der Waals surface area contributed by atoms with Crippen molar-refractivity contribution in [2.45, 2.75) is 30.8 Å². The minimum atomic E-state index is -3.63. The molecule has 1 aromatic carbocycles. The first-order valence-corrected chi connectivity index (χ1v) is 7.02. The molecule has 0 radical (unpaired) electrons. The van der Waals surface area contributed by atoms with Crippen molar-refractivity contribution >= 4 is 19.7 Å². The second kappa shape index (κ2) is 3.68. The molecule has 82 valence electrons. The molecular formula is C10H11ClO3S. The Labute approximate surface area is 93.4 Å². The molecule has 0 fully saturated rings.